The van der Waals surface area contributed by atoms with Crippen LogP contribution in [0.15, 0.2) is 57.8 Å². The molecule has 0 saturated heterocycles. The van der Waals surface area contributed by atoms with Crippen molar-refractivity contribution in [2.45, 2.75) is 82.0 Å². The minimum absolute atomic E-state index is 0.0606. The lowest BCUT2D eigenvalue weighted by molar-refractivity contribution is 0.0629. The average molecular weight is 411 g/mol. The van der Waals surface area contributed by atoms with Crippen LogP contribution in [0.3, 0.4) is 0 Å². The van der Waals surface area contributed by atoms with Crippen LogP contribution in [-0.2, 0) is 6.42 Å². The second-order valence-electron chi connectivity index (χ2n) is 9.32. The van der Waals surface area contributed by atoms with Gasteiger partial charge in [0.2, 0.25) is 0 Å². The summed E-state index contributed by atoms with van der Waals surface area (Å²) < 4.78 is 6.13. The van der Waals surface area contributed by atoms with Gasteiger partial charge in [0.15, 0.2) is 0 Å². The molecule has 0 atom stereocenters. The summed E-state index contributed by atoms with van der Waals surface area (Å²) in [5.74, 6) is 0.915. The van der Waals surface area contributed by atoms with Crippen molar-refractivity contribution < 1.29 is 9.52 Å². The van der Waals surface area contributed by atoms with E-state index in [0.29, 0.717) is 0 Å². The van der Waals surface area contributed by atoms with Crippen molar-refractivity contribution in [2.75, 3.05) is 0 Å². The van der Waals surface area contributed by atoms with Gasteiger partial charge in [0, 0.05) is 20.6 Å². The normalized spacial score (nSPS) is 12.6. The topological polar surface area (TPSA) is 33.4 Å². The van der Waals surface area contributed by atoms with Gasteiger partial charge in [-0.3, -0.25) is 0 Å². The maximum Gasteiger partial charge on any atom is 0.135 e. The number of hydrogen-bond donors (Lipinski definition) is 1. The Hall–Kier alpha value is -1.71. The molecule has 2 nitrogen and oxygen atoms in total. The zero-order chi connectivity index (χ0) is 21.1. The number of benzene rings is 2. The number of rotatable bonds is 9. The zero-order valence-electron chi connectivity index (χ0n) is 18.4. The lowest BCUT2D eigenvalue weighted by Crippen LogP contribution is -2.30. The van der Waals surface area contributed by atoms with E-state index in [4.69, 9.17) is 4.42 Å². The molecule has 0 aliphatic heterocycles. The highest BCUT2D eigenvalue weighted by molar-refractivity contribution is 8.00. The first-order valence-corrected chi connectivity index (χ1v) is 11.5. The highest BCUT2D eigenvalue weighted by atomic mass is 32.2. The Morgan fingerprint density at radius 2 is 1.66 bits per heavy atom. The van der Waals surface area contributed by atoms with Crippen LogP contribution in [0.4, 0.5) is 0 Å². The fourth-order valence-corrected chi connectivity index (χ4v) is 5.39. The van der Waals surface area contributed by atoms with Crippen LogP contribution in [0, 0.1) is 0 Å². The van der Waals surface area contributed by atoms with Crippen molar-refractivity contribution in [1.29, 1.82) is 0 Å². The van der Waals surface area contributed by atoms with E-state index in [9.17, 15) is 5.11 Å². The van der Waals surface area contributed by atoms with Crippen LogP contribution in [0.25, 0.3) is 22.3 Å². The highest BCUT2D eigenvalue weighted by Crippen LogP contribution is 2.40. The SMILES string of the molecule is CCCCCc1ccc(-c2cc3ccc(SC(C)(C)CC(C)(C)O)cc3o2)cc1. The molecule has 3 heteroatoms. The molecule has 0 fully saturated rings. The molecule has 0 radical (unpaired) electrons. The fourth-order valence-electron chi connectivity index (χ4n) is 4.03. The van der Waals surface area contributed by atoms with E-state index < -0.39 is 5.60 Å². The van der Waals surface area contributed by atoms with Gasteiger partial charge in [-0.15, -0.1) is 11.8 Å². The monoisotopic (exact) mass is 410 g/mol. The van der Waals surface area contributed by atoms with Crippen molar-refractivity contribution in [3.63, 3.8) is 0 Å². The summed E-state index contributed by atoms with van der Waals surface area (Å²) in [6, 6.07) is 17.3. The van der Waals surface area contributed by atoms with Crippen LogP contribution in [0.2, 0.25) is 0 Å². The van der Waals surface area contributed by atoms with Gasteiger partial charge >= 0.3 is 0 Å². The molecule has 0 unspecified atom stereocenters. The molecule has 1 N–H and O–H groups in total. The summed E-state index contributed by atoms with van der Waals surface area (Å²) in [7, 11) is 0. The van der Waals surface area contributed by atoms with Crippen LogP contribution in [-0.4, -0.2) is 15.5 Å². The summed E-state index contributed by atoms with van der Waals surface area (Å²) in [4.78, 5) is 1.17. The molecule has 0 aliphatic carbocycles. The molecule has 1 heterocycles. The van der Waals surface area contributed by atoms with Gasteiger partial charge in [-0.05, 0) is 62.9 Å². The van der Waals surface area contributed by atoms with E-state index in [1.165, 1.54) is 29.7 Å². The molecule has 1 aromatic heterocycles. The third-order valence-corrected chi connectivity index (χ3v) is 6.24. The van der Waals surface area contributed by atoms with E-state index in [2.05, 4.69) is 69.3 Å². The summed E-state index contributed by atoms with van der Waals surface area (Å²) in [6.07, 6.45) is 5.67. The van der Waals surface area contributed by atoms with Crippen LogP contribution >= 0.6 is 11.8 Å². The molecule has 0 spiro atoms. The third kappa shape index (κ3) is 6.38. The molecule has 0 aliphatic rings. The molecular formula is C26H34O2S. The Morgan fingerprint density at radius 3 is 2.31 bits per heavy atom. The molecule has 0 saturated carbocycles. The lowest BCUT2D eigenvalue weighted by Gasteiger charge is -2.30. The Kier molecular flexibility index (Phi) is 6.80. The average Bonchev–Trinajstić information content (AvgIpc) is 3.03. The number of unbranched alkanes of at least 4 members (excludes halogenated alkanes) is 2. The zero-order valence-corrected chi connectivity index (χ0v) is 19.2. The largest absolute Gasteiger partial charge is 0.456 e. The predicted molar refractivity (Wildman–Crippen MR) is 126 cm³/mol. The lowest BCUT2D eigenvalue weighted by atomic mass is 9.96. The molecule has 0 bridgehead atoms. The Labute approximate surface area is 179 Å². The second kappa shape index (κ2) is 8.97. The molecular weight excluding hydrogens is 376 g/mol. The van der Waals surface area contributed by atoms with Crippen LogP contribution in [0.5, 0.6) is 0 Å². The van der Waals surface area contributed by atoms with Crippen molar-refractivity contribution in [1.82, 2.24) is 0 Å². The van der Waals surface area contributed by atoms with Crippen molar-refractivity contribution in [2.24, 2.45) is 0 Å². The predicted octanol–water partition coefficient (Wildman–Crippen LogP) is 7.86. The van der Waals surface area contributed by atoms with Crippen molar-refractivity contribution >= 4 is 22.7 Å². The number of aliphatic hydroxyl groups is 1. The number of thioether (sulfide) groups is 1. The Morgan fingerprint density at radius 1 is 0.931 bits per heavy atom. The molecule has 3 aromatic rings. The standard InChI is InChI=1S/C26H34O2S/c1-6-7-8-9-19-10-12-20(13-11-19)23-16-21-14-15-22(17-24(21)28-23)29-26(4,5)18-25(2,3)27/h10-17,27H,6-9,18H2,1-5H3. The number of aryl methyl sites for hydroxylation is 1. The van der Waals surface area contributed by atoms with Gasteiger partial charge in [-0.1, -0.05) is 57.9 Å². The molecule has 2 aromatic carbocycles. The minimum atomic E-state index is -0.679. The Bertz CT molecular complexity index is 929. The number of hydrogen-bond acceptors (Lipinski definition) is 3. The van der Waals surface area contributed by atoms with Crippen molar-refractivity contribution in [3.8, 4) is 11.3 Å². The van der Waals surface area contributed by atoms with Gasteiger partial charge in [0.1, 0.15) is 11.3 Å². The van der Waals surface area contributed by atoms with Crippen molar-refractivity contribution in [3.05, 3.63) is 54.1 Å². The van der Waals surface area contributed by atoms with Gasteiger partial charge in [0.25, 0.3) is 0 Å². The number of furan rings is 1. The first kappa shape index (κ1) is 22.0. The molecule has 3 rings (SSSR count). The summed E-state index contributed by atoms with van der Waals surface area (Å²) in [6.45, 7) is 10.3. The van der Waals surface area contributed by atoms with E-state index in [1.54, 1.807) is 11.8 Å². The van der Waals surface area contributed by atoms with E-state index >= 15 is 0 Å². The maximum atomic E-state index is 10.2. The highest BCUT2D eigenvalue weighted by Gasteiger charge is 2.28. The fraction of sp³-hybridized carbons (Fsp3) is 0.462. The van der Waals surface area contributed by atoms with Crippen LogP contribution in [0.1, 0.15) is 65.9 Å². The number of fused-ring (bicyclic) bond motifs is 1. The van der Waals surface area contributed by atoms with Gasteiger partial charge in [0.05, 0.1) is 5.60 Å². The first-order valence-electron chi connectivity index (χ1n) is 10.7. The van der Waals surface area contributed by atoms with Crippen LogP contribution < -0.4 is 0 Å². The quantitative estimate of drug-likeness (QED) is 0.288. The third-order valence-electron chi connectivity index (χ3n) is 5.05. The van der Waals surface area contributed by atoms with Gasteiger partial charge in [-0.25, -0.2) is 0 Å². The van der Waals surface area contributed by atoms with Gasteiger partial charge in [-0.2, -0.15) is 0 Å². The van der Waals surface area contributed by atoms with Gasteiger partial charge < -0.3 is 9.52 Å². The molecule has 156 valence electrons. The smallest absolute Gasteiger partial charge is 0.135 e. The second-order valence-corrected chi connectivity index (χ2v) is 11.1. The minimum Gasteiger partial charge on any atom is -0.456 e. The van der Waals surface area contributed by atoms with E-state index in [1.807, 2.05) is 13.8 Å². The molecule has 29 heavy (non-hydrogen) atoms. The van der Waals surface area contributed by atoms with E-state index in [0.717, 1.165) is 35.1 Å². The maximum absolute atomic E-state index is 10.2. The van der Waals surface area contributed by atoms with E-state index in [-0.39, 0.29) is 4.75 Å². The summed E-state index contributed by atoms with van der Waals surface area (Å²) in [5, 5.41) is 11.3. The molecule has 0 amide bonds. The Balaban J connectivity index is 1.75. The summed E-state index contributed by atoms with van der Waals surface area (Å²) >= 11 is 1.78. The summed E-state index contributed by atoms with van der Waals surface area (Å²) in [5.41, 5.74) is 2.75. The first-order chi connectivity index (χ1) is 13.6.